The van der Waals surface area contributed by atoms with E-state index >= 15 is 0 Å². The number of hydrogen-bond donors (Lipinski definition) is 1. The Morgan fingerprint density at radius 3 is 2.62 bits per heavy atom. The number of rotatable bonds is 5. The number of nitrogens with zero attached hydrogens (tertiary/aromatic N) is 3. The first-order valence-electron chi connectivity index (χ1n) is 8.37. The van der Waals surface area contributed by atoms with Crippen LogP contribution < -0.4 is 5.32 Å². The number of benzene rings is 1. The fourth-order valence-electron chi connectivity index (χ4n) is 3.08. The second-order valence-electron chi connectivity index (χ2n) is 6.49. The molecule has 2 aromatic rings. The van der Waals surface area contributed by atoms with Gasteiger partial charge in [0.15, 0.2) is 0 Å². The van der Waals surface area contributed by atoms with Crippen LogP contribution in [0.5, 0.6) is 0 Å². The SMILES string of the molecule is CN(C)S(=O)(=O)c1cc(C(=O)Nc2ccnn2C2CCCC2)ccc1Cl. The number of halogens is 1. The van der Waals surface area contributed by atoms with Crippen LogP contribution in [0, 0.1) is 0 Å². The molecule has 0 unspecified atom stereocenters. The van der Waals surface area contributed by atoms with E-state index in [1.807, 2.05) is 4.68 Å². The van der Waals surface area contributed by atoms with Gasteiger partial charge >= 0.3 is 0 Å². The molecule has 0 spiro atoms. The monoisotopic (exact) mass is 396 g/mol. The lowest BCUT2D eigenvalue weighted by Gasteiger charge is -2.16. The van der Waals surface area contributed by atoms with Gasteiger partial charge in [0, 0.05) is 25.7 Å². The highest BCUT2D eigenvalue weighted by Gasteiger charge is 2.24. The number of amides is 1. The van der Waals surface area contributed by atoms with Gasteiger partial charge in [-0.15, -0.1) is 0 Å². The van der Waals surface area contributed by atoms with E-state index < -0.39 is 15.9 Å². The first-order valence-corrected chi connectivity index (χ1v) is 10.2. The van der Waals surface area contributed by atoms with Crippen LogP contribution in [0.25, 0.3) is 0 Å². The van der Waals surface area contributed by atoms with Gasteiger partial charge in [-0.3, -0.25) is 4.79 Å². The third-order valence-corrected chi connectivity index (χ3v) is 6.83. The van der Waals surface area contributed by atoms with Gasteiger partial charge in [-0.1, -0.05) is 24.4 Å². The van der Waals surface area contributed by atoms with Crippen LogP contribution in [0.4, 0.5) is 5.82 Å². The predicted octanol–water partition coefficient (Wildman–Crippen LogP) is 3.15. The fourth-order valence-corrected chi connectivity index (χ4v) is 4.47. The van der Waals surface area contributed by atoms with E-state index in [9.17, 15) is 13.2 Å². The minimum absolute atomic E-state index is 0.0752. The van der Waals surface area contributed by atoms with Crippen LogP contribution in [0.3, 0.4) is 0 Å². The summed E-state index contributed by atoms with van der Waals surface area (Å²) in [5.41, 5.74) is 0.217. The quantitative estimate of drug-likeness (QED) is 0.841. The van der Waals surface area contributed by atoms with E-state index in [0.29, 0.717) is 5.82 Å². The molecule has 9 heteroatoms. The Labute approximate surface area is 158 Å². The second kappa shape index (κ2) is 7.38. The molecule has 1 fully saturated rings. The summed E-state index contributed by atoms with van der Waals surface area (Å²) in [5, 5.41) is 7.21. The lowest BCUT2D eigenvalue weighted by molar-refractivity contribution is 0.102. The van der Waals surface area contributed by atoms with E-state index in [1.54, 1.807) is 12.3 Å². The van der Waals surface area contributed by atoms with Crippen molar-refractivity contribution < 1.29 is 13.2 Å². The molecule has 1 aromatic heterocycles. The zero-order chi connectivity index (χ0) is 18.9. The summed E-state index contributed by atoms with van der Waals surface area (Å²) in [5.74, 6) is 0.200. The minimum Gasteiger partial charge on any atom is -0.307 e. The van der Waals surface area contributed by atoms with Crippen molar-refractivity contribution in [2.24, 2.45) is 0 Å². The molecule has 140 valence electrons. The highest BCUT2D eigenvalue weighted by atomic mass is 35.5. The van der Waals surface area contributed by atoms with Gasteiger partial charge in [0.25, 0.3) is 5.91 Å². The van der Waals surface area contributed by atoms with Crippen molar-refractivity contribution in [1.29, 1.82) is 0 Å². The summed E-state index contributed by atoms with van der Waals surface area (Å²) in [6.07, 6.45) is 6.03. The van der Waals surface area contributed by atoms with Gasteiger partial charge in [-0.05, 0) is 31.0 Å². The largest absolute Gasteiger partial charge is 0.307 e. The van der Waals surface area contributed by atoms with Crippen molar-refractivity contribution >= 4 is 33.3 Å². The topological polar surface area (TPSA) is 84.3 Å². The average Bonchev–Trinajstić information content (AvgIpc) is 3.25. The number of hydrogen-bond acceptors (Lipinski definition) is 4. The van der Waals surface area contributed by atoms with Gasteiger partial charge in [-0.2, -0.15) is 5.10 Å². The summed E-state index contributed by atoms with van der Waals surface area (Å²) in [6.45, 7) is 0. The first-order chi connectivity index (χ1) is 12.3. The van der Waals surface area contributed by atoms with Crippen molar-refractivity contribution in [3.05, 3.63) is 41.0 Å². The van der Waals surface area contributed by atoms with Crippen LogP contribution in [-0.2, 0) is 10.0 Å². The average molecular weight is 397 g/mol. The number of carbonyl (C=O) groups excluding carboxylic acids is 1. The van der Waals surface area contributed by atoms with Crippen molar-refractivity contribution in [2.75, 3.05) is 19.4 Å². The van der Waals surface area contributed by atoms with Crippen LogP contribution in [-0.4, -0.2) is 42.5 Å². The summed E-state index contributed by atoms with van der Waals surface area (Å²) in [6, 6.07) is 6.24. The van der Waals surface area contributed by atoms with Crippen molar-refractivity contribution in [2.45, 2.75) is 36.6 Å². The minimum atomic E-state index is -3.74. The molecule has 1 aliphatic rings. The van der Waals surface area contributed by atoms with Crippen LogP contribution >= 0.6 is 11.6 Å². The standard InChI is InChI=1S/C17H21ClN4O3S/c1-21(2)26(24,25)15-11-12(7-8-14(15)18)17(23)20-16-9-10-19-22(16)13-5-3-4-6-13/h7-11,13H,3-6H2,1-2H3,(H,20,23). The number of sulfonamides is 1. The van der Waals surface area contributed by atoms with E-state index in [1.165, 1.54) is 32.3 Å². The van der Waals surface area contributed by atoms with E-state index in [2.05, 4.69) is 10.4 Å². The molecule has 7 nitrogen and oxygen atoms in total. The van der Waals surface area contributed by atoms with Crippen molar-refractivity contribution in [3.63, 3.8) is 0 Å². The summed E-state index contributed by atoms with van der Waals surface area (Å²) < 4.78 is 27.6. The maximum atomic E-state index is 12.6. The predicted molar refractivity (Wildman–Crippen MR) is 100 cm³/mol. The maximum absolute atomic E-state index is 12.6. The van der Waals surface area contributed by atoms with Crippen LogP contribution in [0.2, 0.25) is 5.02 Å². The Hall–Kier alpha value is -1.90. The molecule has 0 radical (unpaired) electrons. The Bertz CT molecular complexity index is 918. The lowest BCUT2D eigenvalue weighted by Crippen LogP contribution is -2.23. The van der Waals surface area contributed by atoms with Gasteiger partial charge in [0.1, 0.15) is 10.7 Å². The highest BCUT2D eigenvalue weighted by molar-refractivity contribution is 7.89. The van der Waals surface area contributed by atoms with E-state index in [4.69, 9.17) is 11.6 Å². The number of anilines is 1. The van der Waals surface area contributed by atoms with E-state index in [0.717, 1.165) is 30.0 Å². The maximum Gasteiger partial charge on any atom is 0.256 e. The number of carbonyl (C=O) groups is 1. The molecule has 0 aliphatic heterocycles. The molecule has 1 saturated carbocycles. The molecule has 0 saturated heterocycles. The lowest BCUT2D eigenvalue weighted by atomic mass is 10.2. The molecular formula is C17H21ClN4O3S. The molecule has 26 heavy (non-hydrogen) atoms. The van der Waals surface area contributed by atoms with Crippen LogP contribution in [0.1, 0.15) is 42.1 Å². The van der Waals surface area contributed by atoms with Gasteiger partial charge in [0.2, 0.25) is 10.0 Å². The molecule has 1 aliphatic carbocycles. The fraction of sp³-hybridized carbons (Fsp3) is 0.412. The molecule has 0 bridgehead atoms. The molecule has 1 heterocycles. The molecular weight excluding hydrogens is 376 g/mol. The zero-order valence-electron chi connectivity index (χ0n) is 14.6. The molecule has 0 atom stereocenters. The number of nitrogens with one attached hydrogen (secondary N) is 1. The van der Waals surface area contributed by atoms with Gasteiger partial charge in [-0.25, -0.2) is 17.4 Å². The number of aromatic nitrogens is 2. The Kier molecular flexibility index (Phi) is 5.36. The third-order valence-electron chi connectivity index (χ3n) is 4.53. The van der Waals surface area contributed by atoms with Gasteiger partial charge < -0.3 is 5.32 Å². The molecule has 1 amide bonds. The molecule has 1 N–H and O–H groups in total. The molecule has 3 rings (SSSR count). The smallest absolute Gasteiger partial charge is 0.256 e. The summed E-state index contributed by atoms with van der Waals surface area (Å²) in [4.78, 5) is 12.5. The van der Waals surface area contributed by atoms with E-state index in [-0.39, 0.29) is 21.5 Å². The van der Waals surface area contributed by atoms with Crippen molar-refractivity contribution in [1.82, 2.24) is 14.1 Å². The third kappa shape index (κ3) is 3.62. The zero-order valence-corrected chi connectivity index (χ0v) is 16.2. The second-order valence-corrected chi connectivity index (χ2v) is 9.01. The van der Waals surface area contributed by atoms with Gasteiger partial charge in [0.05, 0.1) is 17.3 Å². The normalized spacial score (nSPS) is 15.5. The Morgan fingerprint density at radius 1 is 1.27 bits per heavy atom. The Morgan fingerprint density at radius 2 is 1.96 bits per heavy atom. The first kappa shape index (κ1) is 18.9. The molecule has 1 aromatic carbocycles. The van der Waals surface area contributed by atoms with Crippen molar-refractivity contribution in [3.8, 4) is 0 Å². The summed E-state index contributed by atoms with van der Waals surface area (Å²) in [7, 11) is -0.913. The summed E-state index contributed by atoms with van der Waals surface area (Å²) >= 11 is 6.03. The highest BCUT2D eigenvalue weighted by Crippen LogP contribution is 2.31. The van der Waals surface area contributed by atoms with Crippen LogP contribution in [0.15, 0.2) is 35.4 Å². The Balaban J connectivity index is 1.87.